The van der Waals surface area contributed by atoms with Crippen LogP contribution < -0.4 is 5.32 Å². The first-order chi connectivity index (χ1) is 14.0. The van der Waals surface area contributed by atoms with Crippen LogP contribution in [0.1, 0.15) is 16.2 Å². The number of carbonyl (C=O) groups is 1. The Hall–Kier alpha value is -2.96. The van der Waals surface area contributed by atoms with Gasteiger partial charge in [-0.1, -0.05) is 57.4 Å². The highest BCUT2D eigenvalue weighted by Gasteiger charge is 2.19. The van der Waals surface area contributed by atoms with Crippen molar-refractivity contribution in [2.75, 3.05) is 5.32 Å². The minimum Gasteiger partial charge on any atom is -0.319 e. The molecule has 0 fully saturated rings. The summed E-state index contributed by atoms with van der Waals surface area (Å²) < 4.78 is 2.58. The highest BCUT2D eigenvalue weighted by atomic mass is 79.9. The van der Waals surface area contributed by atoms with E-state index >= 15 is 0 Å². The second-order valence-corrected chi connectivity index (χ2v) is 7.83. The van der Waals surface area contributed by atoms with Crippen LogP contribution in [-0.2, 0) is 0 Å². The summed E-state index contributed by atoms with van der Waals surface area (Å²) in [6, 6.07) is 22.5. The molecule has 1 N–H and O–H groups in total. The topological polar surface area (TPSA) is 59.8 Å². The maximum Gasteiger partial charge on any atom is 0.295 e. The van der Waals surface area contributed by atoms with Crippen molar-refractivity contribution < 1.29 is 4.79 Å². The van der Waals surface area contributed by atoms with E-state index in [0.717, 1.165) is 21.3 Å². The second-order valence-electron chi connectivity index (χ2n) is 6.47. The Kier molecular flexibility index (Phi) is 5.47. The molecule has 0 spiro atoms. The lowest BCUT2D eigenvalue weighted by atomic mass is 10.1. The van der Waals surface area contributed by atoms with E-state index in [0.29, 0.717) is 16.5 Å². The van der Waals surface area contributed by atoms with Crippen molar-refractivity contribution in [2.24, 2.45) is 0 Å². The Balaban J connectivity index is 1.74. The lowest BCUT2D eigenvalue weighted by Crippen LogP contribution is -2.14. The third kappa shape index (κ3) is 4.39. The van der Waals surface area contributed by atoms with Crippen LogP contribution in [0, 0.1) is 6.92 Å². The van der Waals surface area contributed by atoms with Crippen molar-refractivity contribution in [3.05, 3.63) is 93.7 Å². The van der Waals surface area contributed by atoms with Crippen molar-refractivity contribution in [1.82, 2.24) is 14.8 Å². The van der Waals surface area contributed by atoms with Crippen LogP contribution in [0.2, 0.25) is 5.02 Å². The molecule has 0 saturated heterocycles. The molecule has 0 bridgehead atoms. The quantitative estimate of drug-likeness (QED) is 0.406. The van der Waals surface area contributed by atoms with Crippen LogP contribution in [-0.4, -0.2) is 20.7 Å². The number of halogens is 2. The SMILES string of the molecule is Cc1ccc(-c2nc(C(=O)Nc3ccc(Br)cc3)nn2-c2ccc(Cl)cc2)cc1. The van der Waals surface area contributed by atoms with Gasteiger partial charge in [0.2, 0.25) is 5.82 Å². The molecule has 0 unspecified atom stereocenters. The molecule has 7 heteroatoms. The van der Waals surface area contributed by atoms with Crippen LogP contribution in [0.15, 0.2) is 77.3 Å². The Morgan fingerprint density at radius 2 is 1.62 bits per heavy atom. The fourth-order valence-electron chi connectivity index (χ4n) is 2.78. The smallest absolute Gasteiger partial charge is 0.295 e. The van der Waals surface area contributed by atoms with Crippen molar-refractivity contribution in [3.8, 4) is 17.1 Å². The summed E-state index contributed by atoms with van der Waals surface area (Å²) in [4.78, 5) is 17.3. The zero-order valence-corrected chi connectivity index (χ0v) is 17.8. The first-order valence-corrected chi connectivity index (χ1v) is 10.0. The highest BCUT2D eigenvalue weighted by molar-refractivity contribution is 9.10. The van der Waals surface area contributed by atoms with Gasteiger partial charge in [-0.2, -0.15) is 0 Å². The van der Waals surface area contributed by atoms with Gasteiger partial charge >= 0.3 is 0 Å². The normalized spacial score (nSPS) is 10.7. The Labute approximate surface area is 181 Å². The molecule has 0 aliphatic heterocycles. The number of nitrogens with zero attached hydrogens (tertiary/aromatic N) is 3. The molecule has 0 radical (unpaired) electrons. The summed E-state index contributed by atoms with van der Waals surface area (Å²) in [5.41, 5.74) is 3.43. The van der Waals surface area contributed by atoms with E-state index in [-0.39, 0.29) is 11.7 Å². The van der Waals surface area contributed by atoms with E-state index in [1.807, 2.05) is 55.5 Å². The predicted octanol–water partition coefficient (Wildman–Crippen LogP) is 5.91. The van der Waals surface area contributed by atoms with Gasteiger partial charge in [0.1, 0.15) is 0 Å². The summed E-state index contributed by atoms with van der Waals surface area (Å²) in [5.74, 6) is 0.278. The number of nitrogens with one attached hydrogen (secondary N) is 1. The minimum absolute atomic E-state index is 0.0819. The summed E-state index contributed by atoms with van der Waals surface area (Å²) in [6.07, 6.45) is 0. The molecular weight excluding hydrogens is 452 g/mol. The molecule has 0 aliphatic carbocycles. The second kappa shape index (κ2) is 8.19. The predicted molar refractivity (Wildman–Crippen MR) is 119 cm³/mol. The molecule has 29 heavy (non-hydrogen) atoms. The number of carbonyl (C=O) groups excluding carboxylic acids is 1. The van der Waals surface area contributed by atoms with Gasteiger partial charge in [0, 0.05) is 20.7 Å². The lowest BCUT2D eigenvalue weighted by molar-refractivity contribution is 0.101. The van der Waals surface area contributed by atoms with Gasteiger partial charge in [0.15, 0.2) is 5.82 Å². The van der Waals surface area contributed by atoms with E-state index in [9.17, 15) is 4.79 Å². The van der Waals surface area contributed by atoms with E-state index in [4.69, 9.17) is 11.6 Å². The number of rotatable bonds is 4. The number of hydrogen-bond acceptors (Lipinski definition) is 3. The van der Waals surface area contributed by atoms with Gasteiger partial charge in [0.05, 0.1) is 5.69 Å². The van der Waals surface area contributed by atoms with Gasteiger partial charge in [-0.05, 0) is 55.5 Å². The average molecular weight is 468 g/mol. The number of aryl methyl sites for hydroxylation is 1. The minimum atomic E-state index is -0.381. The number of anilines is 1. The van der Waals surface area contributed by atoms with Crippen molar-refractivity contribution in [1.29, 1.82) is 0 Å². The molecule has 0 saturated carbocycles. The van der Waals surface area contributed by atoms with Gasteiger partial charge in [-0.3, -0.25) is 4.79 Å². The van der Waals surface area contributed by atoms with Crippen molar-refractivity contribution in [2.45, 2.75) is 6.92 Å². The zero-order valence-electron chi connectivity index (χ0n) is 15.4. The summed E-state index contributed by atoms with van der Waals surface area (Å²) in [5, 5.41) is 7.92. The van der Waals surface area contributed by atoms with Crippen LogP contribution in [0.4, 0.5) is 5.69 Å². The molecular formula is C22H16BrClN4O. The van der Waals surface area contributed by atoms with Gasteiger partial charge < -0.3 is 5.32 Å². The molecule has 144 valence electrons. The first-order valence-electron chi connectivity index (χ1n) is 8.86. The van der Waals surface area contributed by atoms with Crippen LogP contribution in [0.25, 0.3) is 17.1 Å². The third-order valence-electron chi connectivity index (χ3n) is 4.29. The van der Waals surface area contributed by atoms with E-state index in [1.165, 1.54) is 0 Å². The molecule has 3 aromatic carbocycles. The summed E-state index contributed by atoms with van der Waals surface area (Å²) in [7, 11) is 0. The largest absolute Gasteiger partial charge is 0.319 e. The monoisotopic (exact) mass is 466 g/mol. The molecule has 1 aromatic heterocycles. The Morgan fingerprint density at radius 1 is 0.966 bits per heavy atom. The summed E-state index contributed by atoms with van der Waals surface area (Å²) >= 11 is 9.40. The molecule has 5 nitrogen and oxygen atoms in total. The van der Waals surface area contributed by atoms with Crippen LogP contribution >= 0.6 is 27.5 Å². The van der Waals surface area contributed by atoms with Gasteiger partial charge in [0.25, 0.3) is 5.91 Å². The molecule has 4 rings (SSSR count). The Morgan fingerprint density at radius 3 is 2.28 bits per heavy atom. The maximum absolute atomic E-state index is 12.8. The molecule has 0 aliphatic rings. The highest BCUT2D eigenvalue weighted by Crippen LogP contribution is 2.23. The fraction of sp³-hybridized carbons (Fsp3) is 0.0455. The fourth-order valence-corrected chi connectivity index (χ4v) is 3.17. The van der Waals surface area contributed by atoms with E-state index in [2.05, 4.69) is 31.3 Å². The van der Waals surface area contributed by atoms with Crippen LogP contribution in [0.3, 0.4) is 0 Å². The van der Waals surface area contributed by atoms with Gasteiger partial charge in [-0.25, -0.2) is 9.67 Å². The van der Waals surface area contributed by atoms with E-state index in [1.54, 1.807) is 28.9 Å². The van der Waals surface area contributed by atoms with Crippen LogP contribution in [0.5, 0.6) is 0 Å². The zero-order chi connectivity index (χ0) is 20.4. The summed E-state index contributed by atoms with van der Waals surface area (Å²) in [6.45, 7) is 2.02. The number of aromatic nitrogens is 3. The Bertz CT molecular complexity index is 1090. The standard InChI is InChI=1S/C22H16BrClN4O/c1-14-2-4-15(5-3-14)21-26-20(22(29)25-18-10-6-16(23)7-11-18)27-28(21)19-12-8-17(24)9-13-19/h2-13H,1H3,(H,25,29). The third-order valence-corrected chi connectivity index (χ3v) is 5.07. The first kappa shape index (κ1) is 19.4. The maximum atomic E-state index is 12.8. The molecule has 0 atom stereocenters. The number of benzene rings is 3. The van der Waals surface area contributed by atoms with Crippen molar-refractivity contribution >= 4 is 39.1 Å². The van der Waals surface area contributed by atoms with Crippen molar-refractivity contribution in [3.63, 3.8) is 0 Å². The average Bonchev–Trinajstić information content (AvgIpc) is 3.16. The molecule has 1 amide bonds. The number of hydrogen-bond donors (Lipinski definition) is 1. The van der Waals surface area contributed by atoms with Gasteiger partial charge in [-0.15, -0.1) is 5.10 Å². The number of amides is 1. The lowest BCUT2D eigenvalue weighted by Gasteiger charge is -2.06. The molecule has 4 aromatic rings. The molecule has 1 heterocycles. The van der Waals surface area contributed by atoms with E-state index < -0.39 is 0 Å².